The quantitative estimate of drug-likeness (QED) is 0.401. The Balaban J connectivity index is 1.57. The van der Waals surface area contributed by atoms with E-state index in [1.165, 1.54) is 33.4 Å². The number of rotatable bonds is 3. The molecule has 28 heavy (non-hydrogen) atoms. The van der Waals surface area contributed by atoms with Crippen LogP contribution in [0.25, 0.3) is 22.3 Å². The van der Waals surface area contributed by atoms with Gasteiger partial charge in [-0.15, -0.1) is 0 Å². The molecule has 0 saturated carbocycles. The van der Waals surface area contributed by atoms with Gasteiger partial charge in [-0.2, -0.15) is 0 Å². The van der Waals surface area contributed by atoms with Crippen LogP contribution in [0.3, 0.4) is 0 Å². The number of benzene rings is 4. The van der Waals surface area contributed by atoms with Gasteiger partial charge in [0.25, 0.3) is 0 Å². The molecule has 0 amide bonds. The molecule has 0 radical (unpaired) electrons. The van der Waals surface area contributed by atoms with E-state index < -0.39 is 0 Å². The fourth-order valence-electron chi connectivity index (χ4n) is 4.41. The van der Waals surface area contributed by atoms with Crippen LogP contribution in [0.2, 0.25) is 0 Å². The van der Waals surface area contributed by atoms with Crippen LogP contribution in [0, 0.1) is 0 Å². The van der Waals surface area contributed by atoms with E-state index in [2.05, 4.69) is 116 Å². The van der Waals surface area contributed by atoms with Crippen LogP contribution in [0.5, 0.6) is 0 Å². The molecule has 0 aromatic heterocycles. The first-order valence-corrected chi connectivity index (χ1v) is 9.80. The average molecular weight is 361 g/mol. The second kappa shape index (κ2) is 6.38. The summed E-state index contributed by atoms with van der Waals surface area (Å²) in [6.07, 6.45) is 0. The number of anilines is 2. The molecular weight excluding hydrogens is 338 g/mol. The van der Waals surface area contributed by atoms with Crippen LogP contribution in [-0.4, -0.2) is 0 Å². The van der Waals surface area contributed by atoms with Crippen LogP contribution in [0.1, 0.15) is 25.0 Å². The molecule has 0 spiro atoms. The zero-order chi connectivity index (χ0) is 19.1. The predicted molar refractivity (Wildman–Crippen MR) is 119 cm³/mol. The van der Waals surface area contributed by atoms with Gasteiger partial charge in [0.15, 0.2) is 0 Å². The molecular formula is C27H23N. The van der Waals surface area contributed by atoms with Gasteiger partial charge in [0.1, 0.15) is 0 Å². The molecule has 1 aliphatic carbocycles. The highest BCUT2D eigenvalue weighted by Gasteiger charge is 2.34. The number of hydrogen-bond acceptors (Lipinski definition) is 1. The Hall–Kier alpha value is -3.32. The van der Waals surface area contributed by atoms with Crippen LogP contribution >= 0.6 is 0 Å². The summed E-state index contributed by atoms with van der Waals surface area (Å²) in [4.78, 5) is 0. The van der Waals surface area contributed by atoms with E-state index in [0.717, 1.165) is 11.4 Å². The zero-order valence-corrected chi connectivity index (χ0v) is 16.2. The van der Waals surface area contributed by atoms with Crippen molar-refractivity contribution in [3.05, 3.63) is 108 Å². The minimum Gasteiger partial charge on any atom is -0.355 e. The summed E-state index contributed by atoms with van der Waals surface area (Å²) in [6.45, 7) is 4.63. The largest absolute Gasteiger partial charge is 0.355 e. The van der Waals surface area contributed by atoms with Gasteiger partial charge in [-0.25, -0.2) is 0 Å². The van der Waals surface area contributed by atoms with Gasteiger partial charge in [-0.3, -0.25) is 0 Å². The van der Waals surface area contributed by atoms with Crippen molar-refractivity contribution in [1.29, 1.82) is 0 Å². The lowest BCUT2D eigenvalue weighted by atomic mass is 9.82. The molecule has 0 saturated heterocycles. The van der Waals surface area contributed by atoms with E-state index in [9.17, 15) is 0 Å². The van der Waals surface area contributed by atoms with Crippen LogP contribution in [0.4, 0.5) is 11.4 Å². The highest BCUT2D eigenvalue weighted by atomic mass is 14.9. The molecule has 1 N–H and O–H groups in total. The molecule has 5 rings (SSSR count). The zero-order valence-electron chi connectivity index (χ0n) is 16.2. The van der Waals surface area contributed by atoms with Gasteiger partial charge in [0.05, 0.1) is 0 Å². The van der Waals surface area contributed by atoms with Gasteiger partial charge in [-0.05, 0) is 46.0 Å². The Bertz CT molecular complexity index is 1160. The maximum Gasteiger partial charge on any atom is 0.0463 e. The lowest BCUT2D eigenvalue weighted by Gasteiger charge is -2.21. The first kappa shape index (κ1) is 16.8. The Morgan fingerprint density at radius 1 is 0.571 bits per heavy atom. The highest BCUT2D eigenvalue weighted by molar-refractivity contribution is 5.86. The van der Waals surface area contributed by atoms with Crippen LogP contribution in [-0.2, 0) is 5.41 Å². The molecule has 0 atom stereocenters. The van der Waals surface area contributed by atoms with Crippen molar-refractivity contribution in [3.8, 4) is 22.3 Å². The number of hydrogen-bond donors (Lipinski definition) is 1. The van der Waals surface area contributed by atoms with Crippen LogP contribution < -0.4 is 5.32 Å². The van der Waals surface area contributed by atoms with Crippen LogP contribution in [0.15, 0.2) is 97.1 Å². The van der Waals surface area contributed by atoms with Crippen molar-refractivity contribution in [1.82, 2.24) is 0 Å². The Morgan fingerprint density at radius 2 is 1.21 bits per heavy atom. The Kier molecular flexibility index (Phi) is 3.84. The molecule has 0 unspecified atom stereocenters. The van der Waals surface area contributed by atoms with Gasteiger partial charge in [-0.1, -0.05) is 92.7 Å². The summed E-state index contributed by atoms with van der Waals surface area (Å²) in [7, 11) is 0. The number of nitrogens with one attached hydrogen (secondary N) is 1. The molecule has 4 aromatic rings. The molecule has 1 aliphatic rings. The topological polar surface area (TPSA) is 12.0 Å². The molecule has 1 heteroatoms. The van der Waals surface area contributed by atoms with E-state index in [4.69, 9.17) is 0 Å². The van der Waals surface area contributed by atoms with Crippen molar-refractivity contribution >= 4 is 11.4 Å². The van der Waals surface area contributed by atoms with Crippen molar-refractivity contribution in [2.45, 2.75) is 19.3 Å². The summed E-state index contributed by atoms with van der Waals surface area (Å²) in [5, 5.41) is 3.66. The molecule has 0 bridgehead atoms. The average Bonchev–Trinajstić information content (AvgIpc) is 2.96. The van der Waals surface area contributed by atoms with Crippen molar-refractivity contribution in [2.75, 3.05) is 5.32 Å². The van der Waals surface area contributed by atoms with E-state index in [-0.39, 0.29) is 5.41 Å². The van der Waals surface area contributed by atoms with E-state index >= 15 is 0 Å². The van der Waals surface area contributed by atoms with Gasteiger partial charge in [0, 0.05) is 22.4 Å². The maximum absolute atomic E-state index is 3.66. The predicted octanol–water partition coefficient (Wildman–Crippen LogP) is 7.40. The molecule has 1 nitrogen and oxygen atoms in total. The minimum atomic E-state index is 0.0480. The molecule has 136 valence electrons. The Labute approximate surface area is 166 Å². The summed E-state index contributed by atoms with van der Waals surface area (Å²) >= 11 is 0. The first-order valence-electron chi connectivity index (χ1n) is 9.80. The van der Waals surface area contributed by atoms with E-state index in [1.54, 1.807) is 0 Å². The second-order valence-corrected chi connectivity index (χ2v) is 7.97. The molecule has 0 heterocycles. The number of fused-ring (bicyclic) bond motifs is 3. The number of para-hydroxylation sites is 1. The smallest absolute Gasteiger partial charge is 0.0463 e. The van der Waals surface area contributed by atoms with E-state index in [1.807, 2.05) is 0 Å². The van der Waals surface area contributed by atoms with Gasteiger partial charge >= 0.3 is 0 Å². The summed E-state index contributed by atoms with van der Waals surface area (Å²) in [5.41, 5.74) is 10.2. The highest BCUT2D eigenvalue weighted by Crippen LogP contribution is 2.49. The van der Waals surface area contributed by atoms with Gasteiger partial charge in [0.2, 0.25) is 0 Å². The standard InChI is InChI=1S/C27H23N/c1-27(2)24-14-8-6-13-22(24)23-18-20(16-17-25(23)27)28-26-15-9-7-12-21(26)19-10-4-3-5-11-19/h3-18,28H,1-2H3. The van der Waals surface area contributed by atoms with Crippen molar-refractivity contribution in [2.24, 2.45) is 0 Å². The molecule has 4 aromatic carbocycles. The van der Waals surface area contributed by atoms with Crippen molar-refractivity contribution in [3.63, 3.8) is 0 Å². The third-order valence-electron chi connectivity index (χ3n) is 5.87. The third-order valence-corrected chi connectivity index (χ3v) is 5.87. The fourth-order valence-corrected chi connectivity index (χ4v) is 4.41. The summed E-state index contributed by atoms with van der Waals surface area (Å²) in [6, 6.07) is 34.6. The SMILES string of the molecule is CC1(C)c2ccccc2-c2cc(Nc3ccccc3-c3ccccc3)ccc21. The molecule has 0 fully saturated rings. The Morgan fingerprint density at radius 3 is 2.04 bits per heavy atom. The third kappa shape index (κ3) is 2.63. The summed E-state index contributed by atoms with van der Waals surface area (Å²) < 4.78 is 0. The first-order chi connectivity index (χ1) is 13.6. The maximum atomic E-state index is 3.66. The fraction of sp³-hybridized carbons (Fsp3) is 0.111. The van der Waals surface area contributed by atoms with E-state index in [0.29, 0.717) is 0 Å². The normalized spacial score (nSPS) is 13.6. The minimum absolute atomic E-state index is 0.0480. The monoisotopic (exact) mass is 361 g/mol. The van der Waals surface area contributed by atoms with Crippen molar-refractivity contribution < 1.29 is 0 Å². The van der Waals surface area contributed by atoms with Gasteiger partial charge < -0.3 is 5.32 Å². The molecule has 0 aliphatic heterocycles. The second-order valence-electron chi connectivity index (χ2n) is 7.97. The lowest BCUT2D eigenvalue weighted by Crippen LogP contribution is -2.14. The lowest BCUT2D eigenvalue weighted by molar-refractivity contribution is 0.660. The summed E-state index contributed by atoms with van der Waals surface area (Å²) in [5.74, 6) is 0.